The topological polar surface area (TPSA) is 72.7 Å². The SMILES string of the molecule is CC(C)n1c(=O)[nH]c(=O)c2nn(C)cc21. The minimum Gasteiger partial charge on any atom is -0.288 e. The molecular weight excluding hydrogens is 196 g/mol. The van der Waals surface area contributed by atoms with E-state index in [-0.39, 0.29) is 6.04 Å². The maximum Gasteiger partial charge on any atom is 0.329 e. The number of hydrogen-bond donors (Lipinski definition) is 1. The van der Waals surface area contributed by atoms with E-state index in [1.807, 2.05) is 13.8 Å². The van der Waals surface area contributed by atoms with Crippen LogP contribution in [0.1, 0.15) is 19.9 Å². The molecule has 80 valence electrons. The second-order valence-electron chi connectivity index (χ2n) is 3.76. The van der Waals surface area contributed by atoms with E-state index >= 15 is 0 Å². The molecule has 0 aromatic carbocycles. The minimum absolute atomic E-state index is 0.0129. The van der Waals surface area contributed by atoms with Crippen molar-refractivity contribution in [1.29, 1.82) is 0 Å². The van der Waals surface area contributed by atoms with Crippen molar-refractivity contribution in [3.05, 3.63) is 27.0 Å². The number of aryl methyl sites for hydroxylation is 1. The molecule has 1 N–H and O–H groups in total. The van der Waals surface area contributed by atoms with Crippen LogP contribution in [0.15, 0.2) is 15.8 Å². The van der Waals surface area contributed by atoms with E-state index in [0.29, 0.717) is 11.0 Å². The summed E-state index contributed by atoms with van der Waals surface area (Å²) in [4.78, 5) is 25.3. The smallest absolute Gasteiger partial charge is 0.288 e. The summed E-state index contributed by atoms with van der Waals surface area (Å²) in [5, 5.41) is 4.01. The fraction of sp³-hybridized carbons (Fsp3) is 0.444. The molecule has 0 radical (unpaired) electrons. The zero-order valence-electron chi connectivity index (χ0n) is 8.81. The molecule has 6 heteroatoms. The summed E-state index contributed by atoms with van der Waals surface area (Å²) in [5.74, 6) is 0. The highest BCUT2D eigenvalue weighted by Crippen LogP contribution is 2.09. The highest BCUT2D eigenvalue weighted by Gasteiger charge is 2.12. The average molecular weight is 208 g/mol. The van der Waals surface area contributed by atoms with Crippen LogP contribution in [0, 0.1) is 0 Å². The molecule has 0 saturated heterocycles. The van der Waals surface area contributed by atoms with Crippen LogP contribution in [-0.2, 0) is 7.05 Å². The second kappa shape index (κ2) is 3.08. The van der Waals surface area contributed by atoms with Crippen molar-refractivity contribution in [2.75, 3.05) is 0 Å². The monoisotopic (exact) mass is 208 g/mol. The Morgan fingerprint density at radius 3 is 2.67 bits per heavy atom. The van der Waals surface area contributed by atoms with Gasteiger partial charge < -0.3 is 0 Å². The molecule has 0 aliphatic rings. The highest BCUT2D eigenvalue weighted by atomic mass is 16.2. The molecule has 0 bridgehead atoms. The predicted octanol–water partition coefficient (Wildman–Crippen LogP) is 0.00420. The third kappa shape index (κ3) is 1.38. The normalized spacial score (nSPS) is 11.5. The minimum atomic E-state index is -0.437. The van der Waals surface area contributed by atoms with Gasteiger partial charge in [0.2, 0.25) is 0 Å². The molecule has 2 rings (SSSR count). The van der Waals surface area contributed by atoms with Gasteiger partial charge in [0.25, 0.3) is 5.56 Å². The molecule has 2 heterocycles. The molecule has 0 atom stereocenters. The van der Waals surface area contributed by atoms with Crippen molar-refractivity contribution in [3.8, 4) is 0 Å². The van der Waals surface area contributed by atoms with Crippen molar-refractivity contribution < 1.29 is 0 Å². The van der Waals surface area contributed by atoms with Crippen LogP contribution in [0.3, 0.4) is 0 Å². The molecule has 0 unspecified atom stereocenters. The molecule has 2 aromatic rings. The van der Waals surface area contributed by atoms with E-state index in [1.165, 1.54) is 9.25 Å². The van der Waals surface area contributed by atoms with Gasteiger partial charge in [0.1, 0.15) is 0 Å². The maximum absolute atomic E-state index is 11.6. The number of rotatable bonds is 1. The maximum atomic E-state index is 11.6. The number of aromatic nitrogens is 4. The summed E-state index contributed by atoms with van der Waals surface area (Å²) >= 11 is 0. The third-order valence-electron chi connectivity index (χ3n) is 2.24. The summed E-state index contributed by atoms with van der Waals surface area (Å²) in [6.45, 7) is 3.76. The number of fused-ring (bicyclic) bond motifs is 1. The second-order valence-corrected chi connectivity index (χ2v) is 3.76. The Kier molecular flexibility index (Phi) is 1.99. The summed E-state index contributed by atoms with van der Waals surface area (Å²) in [6, 6.07) is -0.0129. The molecular formula is C9H12N4O2. The number of hydrogen-bond acceptors (Lipinski definition) is 3. The Bertz CT molecular complexity index is 617. The van der Waals surface area contributed by atoms with E-state index in [2.05, 4.69) is 10.1 Å². The number of nitrogens with zero attached hydrogens (tertiary/aromatic N) is 3. The fourth-order valence-electron chi connectivity index (χ4n) is 1.65. The average Bonchev–Trinajstić information content (AvgIpc) is 2.45. The Morgan fingerprint density at radius 2 is 2.07 bits per heavy atom. The first-order valence-electron chi connectivity index (χ1n) is 4.69. The standard InChI is InChI=1S/C9H12N4O2/c1-5(2)13-6-4-12(3)11-7(6)8(14)10-9(13)15/h4-5H,1-3H3,(H,10,14,15). The first kappa shape index (κ1) is 9.70. The van der Waals surface area contributed by atoms with E-state index in [1.54, 1.807) is 13.2 Å². The van der Waals surface area contributed by atoms with E-state index in [0.717, 1.165) is 0 Å². The van der Waals surface area contributed by atoms with Crippen LogP contribution >= 0.6 is 0 Å². The molecule has 15 heavy (non-hydrogen) atoms. The van der Waals surface area contributed by atoms with Crippen molar-refractivity contribution in [2.45, 2.75) is 19.9 Å². The van der Waals surface area contributed by atoms with Crippen LogP contribution in [-0.4, -0.2) is 19.3 Å². The largest absolute Gasteiger partial charge is 0.329 e. The Morgan fingerprint density at radius 1 is 1.40 bits per heavy atom. The zero-order valence-corrected chi connectivity index (χ0v) is 8.81. The zero-order chi connectivity index (χ0) is 11.2. The van der Waals surface area contributed by atoms with E-state index in [4.69, 9.17) is 0 Å². The van der Waals surface area contributed by atoms with E-state index in [9.17, 15) is 9.59 Å². The van der Waals surface area contributed by atoms with Crippen molar-refractivity contribution in [3.63, 3.8) is 0 Å². The van der Waals surface area contributed by atoms with Gasteiger partial charge in [-0.2, -0.15) is 5.10 Å². The number of H-pyrrole nitrogens is 1. The summed E-state index contributed by atoms with van der Waals surface area (Å²) in [6.07, 6.45) is 1.67. The van der Waals surface area contributed by atoms with E-state index < -0.39 is 11.2 Å². The van der Waals surface area contributed by atoms with Crippen LogP contribution in [0.2, 0.25) is 0 Å². The van der Waals surface area contributed by atoms with Gasteiger partial charge in [-0.1, -0.05) is 0 Å². The van der Waals surface area contributed by atoms with Crippen molar-refractivity contribution in [1.82, 2.24) is 19.3 Å². The summed E-state index contributed by atoms with van der Waals surface area (Å²) in [7, 11) is 1.72. The van der Waals surface area contributed by atoms with Gasteiger partial charge in [0, 0.05) is 19.3 Å². The van der Waals surface area contributed by atoms with Gasteiger partial charge in [-0.25, -0.2) is 4.79 Å². The van der Waals surface area contributed by atoms with Crippen LogP contribution in [0.4, 0.5) is 0 Å². The Hall–Kier alpha value is -1.85. The van der Waals surface area contributed by atoms with Gasteiger partial charge in [0.05, 0.1) is 5.52 Å². The lowest BCUT2D eigenvalue weighted by Crippen LogP contribution is -2.31. The number of aromatic amines is 1. The van der Waals surface area contributed by atoms with Gasteiger partial charge >= 0.3 is 5.69 Å². The van der Waals surface area contributed by atoms with Gasteiger partial charge in [0.15, 0.2) is 5.52 Å². The molecule has 0 aliphatic heterocycles. The Balaban J connectivity index is 3.02. The van der Waals surface area contributed by atoms with Gasteiger partial charge in [-0.3, -0.25) is 19.0 Å². The lowest BCUT2D eigenvalue weighted by Gasteiger charge is -2.09. The number of nitrogens with one attached hydrogen (secondary N) is 1. The molecule has 0 aliphatic carbocycles. The van der Waals surface area contributed by atoms with Crippen LogP contribution in [0.25, 0.3) is 11.0 Å². The van der Waals surface area contributed by atoms with Crippen LogP contribution < -0.4 is 11.2 Å². The Labute approximate surface area is 85.2 Å². The summed E-state index contributed by atoms with van der Waals surface area (Å²) < 4.78 is 3.04. The van der Waals surface area contributed by atoms with Crippen molar-refractivity contribution >= 4 is 11.0 Å². The highest BCUT2D eigenvalue weighted by molar-refractivity contribution is 5.72. The quantitative estimate of drug-likeness (QED) is 0.717. The lowest BCUT2D eigenvalue weighted by atomic mass is 10.3. The van der Waals surface area contributed by atoms with Gasteiger partial charge in [-0.05, 0) is 13.8 Å². The molecule has 6 nitrogen and oxygen atoms in total. The molecule has 0 saturated carbocycles. The predicted molar refractivity (Wildman–Crippen MR) is 56.0 cm³/mol. The first-order chi connectivity index (χ1) is 7.00. The first-order valence-corrected chi connectivity index (χ1v) is 4.69. The van der Waals surface area contributed by atoms with Crippen LogP contribution in [0.5, 0.6) is 0 Å². The molecule has 0 amide bonds. The summed E-state index contributed by atoms with van der Waals surface area (Å²) in [5.41, 5.74) is 0.0371. The fourth-order valence-corrected chi connectivity index (χ4v) is 1.65. The lowest BCUT2D eigenvalue weighted by molar-refractivity contribution is 0.584. The molecule has 0 fully saturated rings. The van der Waals surface area contributed by atoms with Gasteiger partial charge in [-0.15, -0.1) is 0 Å². The molecule has 0 spiro atoms. The molecule has 2 aromatic heterocycles. The van der Waals surface area contributed by atoms with Crippen molar-refractivity contribution in [2.24, 2.45) is 7.05 Å². The third-order valence-corrected chi connectivity index (χ3v) is 2.24.